The number of aromatic amines is 2. The Morgan fingerprint density at radius 3 is 1.25 bits per heavy atom. The van der Waals surface area contributed by atoms with Crippen LogP contribution in [0.3, 0.4) is 0 Å². The van der Waals surface area contributed by atoms with Gasteiger partial charge in [-0.05, 0) is 52.0 Å². The molecule has 2 N–H and O–H groups in total. The Kier molecular flexibility index (Phi) is 6.10. The van der Waals surface area contributed by atoms with E-state index >= 15 is 0 Å². The molecule has 0 saturated carbocycles. The first-order chi connectivity index (χ1) is 20.4. The van der Waals surface area contributed by atoms with Gasteiger partial charge in [0.25, 0.3) is 11.1 Å². The molecule has 0 radical (unpaired) electrons. The van der Waals surface area contributed by atoms with Gasteiger partial charge in [0, 0.05) is 22.9 Å². The van der Waals surface area contributed by atoms with Crippen LogP contribution in [-0.4, -0.2) is 39.1 Å². The summed E-state index contributed by atoms with van der Waals surface area (Å²) in [7, 11) is 0. The van der Waals surface area contributed by atoms with Crippen LogP contribution in [0.2, 0.25) is 0 Å². The molecule has 6 rings (SSSR count). The lowest BCUT2D eigenvalue weighted by atomic mass is 9.82. The average Bonchev–Trinajstić information content (AvgIpc) is 3.70. The van der Waals surface area contributed by atoms with Gasteiger partial charge < -0.3 is 0 Å². The highest BCUT2D eigenvalue weighted by Crippen LogP contribution is 2.41. The molecule has 0 bridgehead atoms. The fraction of sp³-hybridized carbons (Fsp3) is 0.286. The van der Waals surface area contributed by atoms with Crippen LogP contribution in [0.5, 0.6) is 0 Å². The maximum Gasteiger partial charge on any atom is 0.432 e. The standard InChI is InChI=1S/C28H24F6N8O2/c1-25(2,41-17-11-7-5-9-15(17)23(37-41)39-21(43)13-19(35-39)27(29,30)31)26(3,4)42-18-12-8-6-10-16(18)24(38-42)40-22(44)14-20(36-40)28(32,33)34/h5-14,35-36H,1-4H3. The first kappa shape index (κ1) is 29.1. The van der Waals surface area contributed by atoms with E-state index in [1.807, 2.05) is 0 Å². The van der Waals surface area contributed by atoms with Gasteiger partial charge >= 0.3 is 12.4 Å². The van der Waals surface area contributed by atoms with Gasteiger partial charge in [-0.15, -0.1) is 0 Å². The van der Waals surface area contributed by atoms with Crippen molar-refractivity contribution < 1.29 is 26.3 Å². The van der Waals surface area contributed by atoms with E-state index in [0.717, 1.165) is 9.36 Å². The average molecular weight is 619 g/mol. The summed E-state index contributed by atoms with van der Waals surface area (Å²) < 4.78 is 84.9. The quantitative estimate of drug-likeness (QED) is 0.247. The van der Waals surface area contributed by atoms with Gasteiger partial charge in [0.05, 0.1) is 22.1 Å². The Morgan fingerprint density at radius 2 is 0.932 bits per heavy atom. The molecule has 4 heterocycles. The van der Waals surface area contributed by atoms with Gasteiger partial charge in [-0.2, -0.15) is 45.9 Å². The van der Waals surface area contributed by atoms with Crippen molar-refractivity contribution >= 4 is 21.8 Å². The van der Waals surface area contributed by atoms with Crippen LogP contribution in [0.25, 0.3) is 33.4 Å². The molecule has 44 heavy (non-hydrogen) atoms. The number of alkyl halides is 6. The number of halogens is 6. The largest absolute Gasteiger partial charge is 0.432 e. The number of aromatic nitrogens is 8. The molecule has 230 valence electrons. The van der Waals surface area contributed by atoms with E-state index in [0.29, 0.717) is 33.9 Å². The normalized spacial score (nSPS) is 13.4. The fourth-order valence-corrected chi connectivity index (χ4v) is 5.20. The summed E-state index contributed by atoms with van der Waals surface area (Å²) in [5.41, 5.74) is -5.54. The first-order valence-corrected chi connectivity index (χ1v) is 13.2. The van der Waals surface area contributed by atoms with Gasteiger partial charge in [-0.1, -0.05) is 24.3 Å². The minimum Gasteiger partial charge on any atom is -0.285 e. The number of hydrogen-bond acceptors (Lipinski definition) is 4. The second-order valence-electron chi connectivity index (χ2n) is 11.3. The van der Waals surface area contributed by atoms with Crippen LogP contribution in [0.4, 0.5) is 26.3 Å². The summed E-state index contributed by atoms with van der Waals surface area (Å²) in [5.74, 6) is -0.123. The number of benzene rings is 2. The van der Waals surface area contributed by atoms with E-state index < -0.39 is 45.9 Å². The van der Waals surface area contributed by atoms with Crippen molar-refractivity contribution in [2.45, 2.75) is 51.1 Å². The molecule has 10 nitrogen and oxygen atoms in total. The maximum absolute atomic E-state index is 13.4. The van der Waals surface area contributed by atoms with Gasteiger partial charge in [0.2, 0.25) is 0 Å². The van der Waals surface area contributed by atoms with Crippen molar-refractivity contribution in [3.63, 3.8) is 0 Å². The lowest BCUT2D eigenvalue weighted by Gasteiger charge is -2.42. The molecule has 0 aliphatic carbocycles. The molecule has 0 aliphatic rings. The predicted molar refractivity (Wildman–Crippen MR) is 148 cm³/mol. The van der Waals surface area contributed by atoms with Crippen molar-refractivity contribution in [1.82, 2.24) is 39.1 Å². The molecule has 6 aromatic rings. The molecule has 2 aromatic carbocycles. The van der Waals surface area contributed by atoms with Gasteiger partial charge in [0.1, 0.15) is 11.4 Å². The monoisotopic (exact) mass is 618 g/mol. The molecule has 0 unspecified atom stereocenters. The van der Waals surface area contributed by atoms with E-state index in [-0.39, 0.29) is 11.6 Å². The van der Waals surface area contributed by atoms with Gasteiger partial charge in [0.15, 0.2) is 11.6 Å². The van der Waals surface area contributed by atoms with Crippen molar-refractivity contribution in [3.8, 4) is 11.6 Å². The molecule has 0 saturated heterocycles. The molecule has 16 heteroatoms. The van der Waals surface area contributed by atoms with Crippen LogP contribution in [0.1, 0.15) is 39.1 Å². The van der Waals surface area contributed by atoms with E-state index in [2.05, 4.69) is 20.4 Å². The molecular formula is C28H24F6N8O2. The smallest absolute Gasteiger partial charge is 0.285 e. The summed E-state index contributed by atoms with van der Waals surface area (Å²) >= 11 is 0. The Bertz CT molecular complexity index is 2010. The van der Waals surface area contributed by atoms with Crippen molar-refractivity contribution in [1.29, 1.82) is 0 Å². The molecule has 0 atom stereocenters. The molecule has 0 aliphatic heterocycles. The number of fused-ring (bicyclic) bond motifs is 2. The number of nitrogens with zero attached hydrogens (tertiary/aromatic N) is 6. The maximum atomic E-state index is 13.4. The summed E-state index contributed by atoms with van der Waals surface area (Å²) in [6.07, 6.45) is -9.57. The Labute approximate surface area is 243 Å². The molecule has 0 amide bonds. The van der Waals surface area contributed by atoms with E-state index in [9.17, 15) is 35.9 Å². The molecule has 0 spiro atoms. The van der Waals surface area contributed by atoms with Crippen molar-refractivity contribution in [2.75, 3.05) is 0 Å². The number of hydrogen-bond donors (Lipinski definition) is 2. The van der Waals surface area contributed by atoms with E-state index in [1.165, 1.54) is 0 Å². The van der Waals surface area contributed by atoms with E-state index in [4.69, 9.17) is 0 Å². The minimum absolute atomic E-state index is 0.0615. The fourth-order valence-electron chi connectivity index (χ4n) is 5.20. The predicted octanol–water partition coefficient (Wildman–Crippen LogP) is 5.55. The lowest BCUT2D eigenvalue weighted by molar-refractivity contribution is -0.142. The summed E-state index contributed by atoms with van der Waals surface area (Å²) in [6, 6.07) is 14.3. The topological polar surface area (TPSA) is 111 Å². The Morgan fingerprint density at radius 1 is 0.591 bits per heavy atom. The van der Waals surface area contributed by atoms with Crippen LogP contribution >= 0.6 is 0 Å². The minimum atomic E-state index is -4.79. The third-order valence-electron chi connectivity index (χ3n) is 8.17. The zero-order valence-corrected chi connectivity index (χ0v) is 23.5. The lowest BCUT2D eigenvalue weighted by Crippen LogP contribution is -2.50. The Balaban J connectivity index is 1.55. The number of nitrogens with one attached hydrogen (secondary N) is 2. The van der Waals surface area contributed by atoms with Gasteiger partial charge in [-0.25, -0.2) is 0 Å². The SMILES string of the molecule is CC(C)(n1nc(-n2[nH]c(C(F)(F)F)cc2=O)c2ccccc21)C(C)(C)n1nc(-n2[nH]c(C(F)(F)F)cc2=O)c2ccccc21. The third-order valence-corrected chi connectivity index (χ3v) is 8.17. The third kappa shape index (κ3) is 4.26. The molecule has 4 aromatic heterocycles. The molecular weight excluding hydrogens is 594 g/mol. The van der Waals surface area contributed by atoms with Crippen LogP contribution in [-0.2, 0) is 23.4 Å². The number of H-pyrrole nitrogens is 2. The van der Waals surface area contributed by atoms with Crippen LogP contribution in [0, 0.1) is 0 Å². The second-order valence-corrected chi connectivity index (χ2v) is 11.3. The highest BCUT2D eigenvalue weighted by atomic mass is 19.4. The summed E-state index contributed by atoms with van der Waals surface area (Å²) in [6.45, 7) is 7.20. The zero-order valence-electron chi connectivity index (χ0n) is 23.5. The van der Waals surface area contributed by atoms with Crippen LogP contribution in [0.15, 0.2) is 70.3 Å². The van der Waals surface area contributed by atoms with Gasteiger partial charge in [-0.3, -0.25) is 29.2 Å². The van der Waals surface area contributed by atoms with Crippen molar-refractivity contribution in [2.24, 2.45) is 0 Å². The highest BCUT2D eigenvalue weighted by molar-refractivity contribution is 5.88. The van der Waals surface area contributed by atoms with E-state index in [1.54, 1.807) is 85.6 Å². The zero-order chi connectivity index (χ0) is 32.0. The summed E-state index contributed by atoms with van der Waals surface area (Å²) in [4.78, 5) is 25.3. The van der Waals surface area contributed by atoms with Crippen molar-refractivity contribution in [3.05, 3.63) is 92.8 Å². The van der Waals surface area contributed by atoms with Crippen LogP contribution < -0.4 is 11.1 Å². The Hall–Kier alpha value is -5.02. The second kappa shape index (κ2) is 9.24. The number of para-hydroxylation sites is 2. The molecule has 0 fully saturated rings. The number of rotatable bonds is 5. The summed E-state index contributed by atoms with van der Waals surface area (Å²) in [5, 5.41) is 14.2. The first-order valence-electron chi connectivity index (χ1n) is 13.2. The highest BCUT2D eigenvalue weighted by Gasteiger charge is 2.45.